The van der Waals surface area contributed by atoms with Crippen molar-refractivity contribution in [3.05, 3.63) is 87.7 Å². The number of halogens is 1. The van der Waals surface area contributed by atoms with Crippen molar-refractivity contribution in [2.24, 2.45) is 0 Å². The zero-order chi connectivity index (χ0) is 19.2. The summed E-state index contributed by atoms with van der Waals surface area (Å²) in [6, 6.07) is 20.0. The largest absolute Gasteiger partial charge is 0.337 e. The van der Waals surface area contributed by atoms with Crippen molar-refractivity contribution in [3.8, 4) is 11.3 Å². The zero-order valence-electron chi connectivity index (χ0n) is 15.0. The lowest BCUT2D eigenvalue weighted by Gasteiger charge is -2.21. The lowest BCUT2D eigenvalue weighted by molar-refractivity contribution is -0.132. The molecule has 0 radical (unpaired) electrons. The lowest BCUT2D eigenvalue weighted by atomic mass is 10.1. The molecule has 3 aromatic rings. The zero-order valence-corrected chi connectivity index (χ0v) is 15.8. The minimum atomic E-state index is -0.308. The molecule has 0 bridgehead atoms. The van der Waals surface area contributed by atoms with Crippen LogP contribution >= 0.6 is 11.6 Å². The summed E-state index contributed by atoms with van der Waals surface area (Å²) in [5.74, 6) is -0.149. The van der Waals surface area contributed by atoms with E-state index in [4.69, 9.17) is 11.6 Å². The molecule has 0 saturated carbocycles. The van der Waals surface area contributed by atoms with Gasteiger partial charge in [0.15, 0.2) is 0 Å². The highest BCUT2D eigenvalue weighted by molar-refractivity contribution is 6.30. The second kappa shape index (κ2) is 8.64. The van der Waals surface area contributed by atoms with Crippen LogP contribution in [0.1, 0.15) is 12.5 Å². The maximum atomic E-state index is 12.7. The third-order valence-electron chi connectivity index (χ3n) is 4.24. The minimum Gasteiger partial charge on any atom is -0.337 e. The SMILES string of the molecule is CCN(Cc1ccccc1)C(=O)Cn1nc(-c2ccc(Cl)cc2)ccc1=O. The fourth-order valence-corrected chi connectivity index (χ4v) is 2.87. The van der Waals surface area contributed by atoms with Crippen molar-refractivity contribution in [1.82, 2.24) is 14.7 Å². The fourth-order valence-electron chi connectivity index (χ4n) is 2.75. The molecule has 3 rings (SSSR count). The predicted molar refractivity (Wildman–Crippen MR) is 106 cm³/mol. The van der Waals surface area contributed by atoms with Crippen LogP contribution < -0.4 is 5.56 Å². The van der Waals surface area contributed by atoms with Crippen LogP contribution in [0, 0.1) is 0 Å². The number of benzene rings is 2. The molecule has 0 aliphatic heterocycles. The Morgan fingerprint density at radius 1 is 1.04 bits per heavy atom. The third-order valence-corrected chi connectivity index (χ3v) is 4.49. The van der Waals surface area contributed by atoms with Crippen LogP contribution in [0.3, 0.4) is 0 Å². The molecule has 0 spiro atoms. The molecule has 0 fully saturated rings. The quantitative estimate of drug-likeness (QED) is 0.655. The van der Waals surface area contributed by atoms with Gasteiger partial charge in [-0.15, -0.1) is 0 Å². The highest BCUT2D eigenvalue weighted by atomic mass is 35.5. The van der Waals surface area contributed by atoms with E-state index < -0.39 is 0 Å². The van der Waals surface area contributed by atoms with E-state index in [1.165, 1.54) is 10.7 Å². The van der Waals surface area contributed by atoms with E-state index in [1.807, 2.05) is 49.4 Å². The van der Waals surface area contributed by atoms with Crippen molar-refractivity contribution in [3.63, 3.8) is 0 Å². The van der Waals surface area contributed by atoms with Crippen LogP contribution in [-0.2, 0) is 17.9 Å². The van der Waals surface area contributed by atoms with Gasteiger partial charge in [-0.25, -0.2) is 4.68 Å². The smallest absolute Gasteiger partial charge is 0.267 e. The first-order valence-corrected chi connectivity index (χ1v) is 9.10. The van der Waals surface area contributed by atoms with Gasteiger partial charge in [-0.1, -0.05) is 54.1 Å². The molecule has 0 aliphatic carbocycles. The van der Waals surface area contributed by atoms with Gasteiger partial charge in [-0.2, -0.15) is 5.10 Å². The fraction of sp³-hybridized carbons (Fsp3) is 0.190. The molecular formula is C21H20ClN3O2. The van der Waals surface area contributed by atoms with Gasteiger partial charge in [0, 0.05) is 29.7 Å². The van der Waals surface area contributed by atoms with E-state index in [-0.39, 0.29) is 18.0 Å². The normalized spacial score (nSPS) is 10.6. The molecule has 0 N–H and O–H groups in total. The summed E-state index contributed by atoms with van der Waals surface area (Å²) < 4.78 is 1.21. The van der Waals surface area contributed by atoms with Crippen molar-refractivity contribution in [1.29, 1.82) is 0 Å². The van der Waals surface area contributed by atoms with Gasteiger partial charge in [0.25, 0.3) is 5.56 Å². The van der Waals surface area contributed by atoms with Crippen LogP contribution in [0.25, 0.3) is 11.3 Å². The Morgan fingerprint density at radius 2 is 1.74 bits per heavy atom. The molecule has 1 aromatic heterocycles. The maximum Gasteiger partial charge on any atom is 0.267 e. The van der Waals surface area contributed by atoms with Crippen molar-refractivity contribution < 1.29 is 4.79 Å². The molecule has 6 heteroatoms. The number of hydrogen-bond acceptors (Lipinski definition) is 3. The first kappa shape index (κ1) is 18.9. The standard InChI is InChI=1S/C21H20ClN3O2/c1-2-24(14-16-6-4-3-5-7-16)21(27)15-25-20(26)13-12-19(23-25)17-8-10-18(22)11-9-17/h3-13H,2,14-15H2,1H3. The lowest BCUT2D eigenvalue weighted by Crippen LogP contribution is -2.36. The number of likely N-dealkylation sites (N-methyl/N-ethyl adjacent to an activating group) is 1. The number of rotatable bonds is 6. The van der Waals surface area contributed by atoms with E-state index >= 15 is 0 Å². The third kappa shape index (κ3) is 4.83. The first-order chi connectivity index (χ1) is 13.1. The monoisotopic (exact) mass is 381 g/mol. The van der Waals surface area contributed by atoms with Gasteiger partial charge in [-0.3, -0.25) is 9.59 Å². The van der Waals surface area contributed by atoms with Crippen LogP contribution in [-0.4, -0.2) is 27.1 Å². The Hall–Kier alpha value is -2.92. The van der Waals surface area contributed by atoms with Crippen LogP contribution in [0.2, 0.25) is 5.02 Å². The Morgan fingerprint density at radius 3 is 2.41 bits per heavy atom. The van der Waals surface area contributed by atoms with Gasteiger partial charge in [0.05, 0.1) is 5.69 Å². The van der Waals surface area contributed by atoms with Crippen molar-refractivity contribution in [2.45, 2.75) is 20.0 Å². The topological polar surface area (TPSA) is 55.2 Å². The number of carbonyl (C=O) groups excluding carboxylic acids is 1. The highest BCUT2D eigenvalue weighted by Crippen LogP contribution is 2.18. The number of hydrogen-bond donors (Lipinski definition) is 0. The summed E-state index contributed by atoms with van der Waals surface area (Å²) in [6.45, 7) is 2.88. The molecule has 0 unspecified atom stereocenters. The average Bonchev–Trinajstić information content (AvgIpc) is 2.69. The van der Waals surface area contributed by atoms with Gasteiger partial charge in [0.1, 0.15) is 6.54 Å². The van der Waals surface area contributed by atoms with Crippen molar-refractivity contribution in [2.75, 3.05) is 6.54 Å². The van der Waals surface area contributed by atoms with E-state index in [0.717, 1.165) is 11.1 Å². The van der Waals surface area contributed by atoms with Gasteiger partial charge in [0.2, 0.25) is 5.91 Å². The Labute approximate surface area is 162 Å². The first-order valence-electron chi connectivity index (χ1n) is 8.72. The minimum absolute atomic E-state index is 0.0963. The maximum absolute atomic E-state index is 12.7. The van der Waals surface area contributed by atoms with Crippen LogP contribution in [0.5, 0.6) is 0 Å². The summed E-state index contributed by atoms with van der Waals surface area (Å²) in [6.07, 6.45) is 0. The summed E-state index contributed by atoms with van der Waals surface area (Å²) in [5, 5.41) is 4.98. The van der Waals surface area contributed by atoms with Gasteiger partial charge < -0.3 is 4.90 Å². The summed E-state index contributed by atoms with van der Waals surface area (Å²) in [4.78, 5) is 26.6. The van der Waals surface area contributed by atoms with E-state index in [2.05, 4.69) is 5.10 Å². The molecule has 5 nitrogen and oxygen atoms in total. The van der Waals surface area contributed by atoms with Crippen molar-refractivity contribution >= 4 is 17.5 Å². The number of aromatic nitrogens is 2. The van der Waals surface area contributed by atoms with E-state index in [0.29, 0.717) is 23.8 Å². The van der Waals surface area contributed by atoms with E-state index in [9.17, 15) is 9.59 Å². The molecule has 1 amide bonds. The summed E-state index contributed by atoms with van der Waals surface area (Å²) in [5.41, 5.74) is 2.18. The molecule has 27 heavy (non-hydrogen) atoms. The molecular weight excluding hydrogens is 362 g/mol. The van der Waals surface area contributed by atoms with Gasteiger partial charge >= 0.3 is 0 Å². The highest BCUT2D eigenvalue weighted by Gasteiger charge is 2.15. The Kier molecular flexibility index (Phi) is 6.04. The Balaban J connectivity index is 1.79. The van der Waals surface area contributed by atoms with Crippen LogP contribution in [0.4, 0.5) is 0 Å². The number of carbonyl (C=O) groups is 1. The molecule has 2 aromatic carbocycles. The predicted octanol–water partition coefficient (Wildman–Crippen LogP) is 3.61. The van der Waals surface area contributed by atoms with Crippen LogP contribution in [0.15, 0.2) is 71.5 Å². The second-order valence-corrected chi connectivity index (χ2v) is 6.55. The molecule has 0 aliphatic rings. The summed E-state index contributed by atoms with van der Waals surface area (Å²) in [7, 11) is 0. The Bertz CT molecular complexity index is 969. The number of amides is 1. The average molecular weight is 382 g/mol. The molecule has 0 atom stereocenters. The molecule has 1 heterocycles. The molecule has 138 valence electrons. The van der Waals surface area contributed by atoms with Gasteiger partial charge in [-0.05, 0) is 30.7 Å². The number of nitrogens with zero attached hydrogens (tertiary/aromatic N) is 3. The van der Waals surface area contributed by atoms with E-state index in [1.54, 1.807) is 23.1 Å². The molecule has 0 saturated heterocycles. The summed E-state index contributed by atoms with van der Waals surface area (Å²) >= 11 is 5.92. The second-order valence-electron chi connectivity index (χ2n) is 6.11.